The fourth-order valence-electron chi connectivity index (χ4n) is 4.69. The molecule has 28 heavy (non-hydrogen) atoms. The van der Waals surface area contributed by atoms with Gasteiger partial charge in [0.15, 0.2) is 0 Å². The Morgan fingerprint density at radius 1 is 1.29 bits per heavy atom. The minimum Gasteiger partial charge on any atom is -0.496 e. The molecule has 0 aliphatic carbocycles. The fraction of sp³-hybridized carbons (Fsp3) is 0.609. The first-order valence-corrected chi connectivity index (χ1v) is 10.4. The van der Waals surface area contributed by atoms with Gasteiger partial charge in [-0.05, 0) is 51.7 Å². The van der Waals surface area contributed by atoms with Gasteiger partial charge in [-0.2, -0.15) is 0 Å². The molecule has 3 rings (SSSR count). The van der Waals surface area contributed by atoms with Gasteiger partial charge in [0.05, 0.1) is 18.8 Å². The van der Waals surface area contributed by atoms with E-state index in [1.165, 1.54) is 5.57 Å². The molecule has 1 aromatic rings. The number of amides is 1. The zero-order valence-electron chi connectivity index (χ0n) is 17.5. The molecule has 1 spiro atoms. The van der Waals surface area contributed by atoms with Crippen LogP contribution >= 0.6 is 0 Å². The third-order valence-electron chi connectivity index (χ3n) is 6.20. The first-order valence-electron chi connectivity index (χ1n) is 10.4. The third kappa shape index (κ3) is 4.58. The lowest BCUT2D eigenvalue weighted by atomic mass is 9.71. The van der Waals surface area contributed by atoms with Crippen LogP contribution in [-0.4, -0.2) is 66.8 Å². The van der Waals surface area contributed by atoms with Crippen molar-refractivity contribution in [3.05, 3.63) is 41.5 Å². The van der Waals surface area contributed by atoms with E-state index >= 15 is 0 Å². The molecule has 0 radical (unpaired) electrons. The van der Waals surface area contributed by atoms with Gasteiger partial charge in [-0.3, -0.25) is 4.79 Å². The molecule has 154 valence electrons. The number of aliphatic hydroxyl groups is 1. The Bertz CT molecular complexity index is 714. The Hall–Kier alpha value is -1.85. The molecule has 2 heterocycles. The van der Waals surface area contributed by atoms with E-state index in [9.17, 15) is 9.90 Å². The van der Waals surface area contributed by atoms with Crippen molar-refractivity contribution in [2.75, 3.05) is 39.8 Å². The van der Waals surface area contributed by atoms with Crippen LogP contribution in [0.5, 0.6) is 5.75 Å². The maximum Gasteiger partial charge on any atom is 0.257 e. The molecule has 2 saturated heterocycles. The summed E-state index contributed by atoms with van der Waals surface area (Å²) >= 11 is 0. The first-order chi connectivity index (χ1) is 13.4. The van der Waals surface area contributed by atoms with Crippen molar-refractivity contribution in [1.82, 2.24) is 9.80 Å². The minimum atomic E-state index is -0.347. The predicted octanol–water partition coefficient (Wildman–Crippen LogP) is 3.34. The first kappa shape index (κ1) is 20.9. The second kappa shape index (κ2) is 9.10. The molecule has 0 bridgehead atoms. The third-order valence-corrected chi connectivity index (χ3v) is 6.20. The van der Waals surface area contributed by atoms with Crippen LogP contribution in [0.2, 0.25) is 0 Å². The summed E-state index contributed by atoms with van der Waals surface area (Å²) in [6.45, 7) is 8.42. The van der Waals surface area contributed by atoms with E-state index in [1.807, 2.05) is 29.2 Å². The topological polar surface area (TPSA) is 53.0 Å². The Morgan fingerprint density at radius 3 is 2.82 bits per heavy atom. The summed E-state index contributed by atoms with van der Waals surface area (Å²) in [4.78, 5) is 17.6. The van der Waals surface area contributed by atoms with E-state index in [0.29, 0.717) is 17.9 Å². The number of rotatable bonds is 5. The zero-order chi connectivity index (χ0) is 20.1. The van der Waals surface area contributed by atoms with E-state index in [2.05, 4.69) is 24.8 Å². The summed E-state index contributed by atoms with van der Waals surface area (Å²) < 4.78 is 5.39. The van der Waals surface area contributed by atoms with Gasteiger partial charge in [0.2, 0.25) is 0 Å². The van der Waals surface area contributed by atoms with Crippen LogP contribution < -0.4 is 4.74 Å². The van der Waals surface area contributed by atoms with E-state index in [1.54, 1.807) is 7.11 Å². The molecule has 5 nitrogen and oxygen atoms in total. The smallest absolute Gasteiger partial charge is 0.257 e. The Balaban J connectivity index is 1.72. The summed E-state index contributed by atoms with van der Waals surface area (Å²) in [6, 6.07) is 7.40. The number of hydrogen-bond acceptors (Lipinski definition) is 4. The number of aliphatic hydroxyl groups excluding tert-OH is 1. The number of allylic oxidation sites excluding steroid dienone is 1. The molecule has 2 fully saturated rings. The van der Waals surface area contributed by atoms with E-state index < -0.39 is 0 Å². The number of benzene rings is 1. The Morgan fingerprint density at radius 2 is 2.07 bits per heavy atom. The molecule has 0 aromatic heterocycles. The highest BCUT2D eigenvalue weighted by Crippen LogP contribution is 2.39. The van der Waals surface area contributed by atoms with Crippen molar-refractivity contribution in [2.24, 2.45) is 5.41 Å². The molecule has 1 amide bonds. The average Bonchev–Trinajstić information content (AvgIpc) is 2.70. The van der Waals surface area contributed by atoms with Crippen LogP contribution in [0.1, 0.15) is 49.9 Å². The van der Waals surface area contributed by atoms with Crippen molar-refractivity contribution < 1.29 is 14.6 Å². The van der Waals surface area contributed by atoms with Crippen molar-refractivity contribution in [1.29, 1.82) is 0 Å². The number of carbonyl (C=O) groups is 1. The fourth-order valence-corrected chi connectivity index (χ4v) is 4.69. The second-order valence-corrected chi connectivity index (χ2v) is 8.54. The molecule has 2 aliphatic rings. The van der Waals surface area contributed by atoms with Crippen LogP contribution in [0.25, 0.3) is 0 Å². The molecule has 2 atom stereocenters. The zero-order valence-corrected chi connectivity index (χ0v) is 17.5. The average molecular weight is 387 g/mol. The highest BCUT2D eigenvalue weighted by molar-refractivity contribution is 5.97. The van der Waals surface area contributed by atoms with Crippen molar-refractivity contribution >= 4 is 5.91 Å². The SMILES string of the molecule is COc1ccccc1C(=O)N1CCC[C@@]2(CN(CCC=C(C)C)CC[C@H]2O)C1. The maximum absolute atomic E-state index is 13.2. The number of para-hydroxylation sites is 1. The van der Waals surface area contributed by atoms with Crippen molar-refractivity contribution in [3.63, 3.8) is 0 Å². The number of hydrogen-bond donors (Lipinski definition) is 1. The van der Waals surface area contributed by atoms with Crippen LogP contribution in [0.15, 0.2) is 35.9 Å². The monoisotopic (exact) mass is 386 g/mol. The molecule has 1 aromatic carbocycles. The van der Waals surface area contributed by atoms with Crippen LogP contribution in [0, 0.1) is 5.41 Å². The van der Waals surface area contributed by atoms with Gasteiger partial charge in [-0.15, -0.1) is 0 Å². The van der Waals surface area contributed by atoms with Gasteiger partial charge >= 0.3 is 0 Å². The van der Waals surface area contributed by atoms with Gasteiger partial charge in [0, 0.05) is 38.1 Å². The summed E-state index contributed by atoms with van der Waals surface area (Å²) in [6.07, 6.45) is 5.66. The van der Waals surface area contributed by atoms with Gasteiger partial charge in [0.25, 0.3) is 5.91 Å². The number of piperidine rings is 2. The quantitative estimate of drug-likeness (QED) is 0.789. The van der Waals surface area contributed by atoms with Gasteiger partial charge in [-0.25, -0.2) is 0 Å². The minimum absolute atomic E-state index is 0.00499. The second-order valence-electron chi connectivity index (χ2n) is 8.54. The summed E-state index contributed by atoms with van der Waals surface area (Å²) in [5, 5.41) is 10.9. The molecule has 0 unspecified atom stereocenters. The number of likely N-dealkylation sites (tertiary alicyclic amines) is 2. The highest BCUT2D eigenvalue weighted by atomic mass is 16.5. The van der Waals surface area contributed by atoms with Gasteiger partial charge < -0.3 is 19.6 Å². The van der Waals surface area contributed by atoms with Crippen LogP contribution in [0.3, 0.4) is 0 Å². The van der Waals surface area contributed by atoms with E-state index in [4.69, 9.17) is 4.74 Å². The molecular formula is C23H34N2O3. The predicted molar refractivity (Wildman–Crippen MR) is 112 cm³/mol. The van der Waals surface area contributed by atoms with Crippen molar-refractivity contribution in [2.45, 2.75) is 45.6 Å². The lowest BCUT2D eigenvalue weighted by Gasteiger charge is -2.51. The lowest BCUT2D eigenvalue weighted by Crippen LogP contribution is -2.59. The molecule has 1 N–H and O–H groups in total. The van der Waals surface area contributed by atoms with Crippen LogP contribution in [-0.2, 0) is 0 Å². The maximum atomic E-state index is 13.2. The lowest BCUT2D eigenvalue weighted by molar-refractivity contribution is -0.0782. The van der Waals surface area contributed by atoms with Gasteiger partial charge in [-0.1, -0.05) is 23.8 Å². The van der Waals surface area contributed by atoms with Crippen molar-refractivity contribution in [3.8, 4) is 5.75 Å². The molecule has 2 aliphatic heterocycles. The summed E-state index contributed by atoms with van der Waals surface area (Å²) in [7, 11) is 1.60. The Labute approximate surface area is 169 Å². The Kier molecular flexibility index (Phi) is 6.78. The number of carbonyl (C=O) groups excluding carboxylic acids is 1. The molecule has 0 saturated carbocycles. The molecule has 5 heteroatoms. The highest BCUT2D eigenvalue weighted by Gasteiger charge is 2.46. The van der Waals surface area contributed by atoms with E-state index in [-0.39, 0.29) is 17.4 Å². The summed E-state index contributed by atoms with van der Waals surface area (Å²) in [5.74, 6) is 0.616. The molecular weight excluding hydrogens is 352 g/mol. The van der Waals surface area contributed by atoms with E-state index in [0.717, 1.165) is 51.9 Å². The standard InChI is InChI=1S/C23H34N2O3/c1-18(2)8-6-13-24-15-11-21(26)23(16-24)12-7-14-25(17-23)22(27)19-9-4-5-10-20(19)28-3/h4-5,8-10,21,26H,6-7,11-17H2,1-3H3/t21-,23-/m1/s1. The largest absolute Gasteiger partial charge is 0.496 e. The van der Waals surface area contributed by atoms with Gasteiger partial charge in [0.1, 0.15) is 5.75 Å². The summed E-state index contributed by atoms with van der Waals surface area (Å²) in [5.41, 5.74) is 1.73. The van der Waals surface area contributed by atoms with Crippen LogP contribution in [0.4, 0.5) is 0 Å². The number of nitrogens with zero attached hydrogens (tertiary/aromatic N) is 2. The normalized spacial score (nSPS) is 25.6. The number of methoxy groups -OCH3 is 1. The number of ether oxygens (including phenoxy) is 1.